The van der Waals surface area contributed by atoms with E-state index in [1.54, 1.807) is 0 Å². The molecule has 0 aliphatic carbocycles. The first-order chi connectivity index (χ1) is 7.40. The molecular formula is C12H23NO3. The van der Waals surface area contributed by atoms with Gasteiger partial charge in [0.05, 0.1) is 12.2 Å². The van der Waals surface area contributed by atoms with Gasteiger partial charge in [0.25, 0.3) is 0 Å². The monoisotopic (exact) mass is 229 g/mol. The van der Waals surface area contributed by atoms with Crippen molar-refractivity contribution in [2.45, 2.75) is 64.9 Å². The average Bonchev–Trinajstić information content (AvgIpc) is 2.14. The maximum atomic E-state index is 11.7. The van der Waals surface area contributed by atoms with Crippen LogP contribution in [0.3, 0.4) is 0 Å². The molecule has 4 nitrogen and oxygen atoms in total. The van der Waals surface area contributed by atoms with E-state index in [-0.39, 0.29) is 30.2 Å². The van der Waals surface area contributed by atoms with Crippen LogP contribution in [-0.2, 0) is 14.3 Å². The summed E-state index contributed by atoms with van der Waals surface area (Å²) in [6.07, 6.45) is 1.78. The van der Waals surface area contributed by atoms with Crippen molar-refractivity contribution in [1.82, 2.24) is 0 Å². The fraction of sp³-hybridized carbons (Fsp3) is 0.917. The third kappa shape index (κ3) is 3.76. The summed E-state index contributed by atoms with van der Waals surface area (Å²) >= 11 is 0. The van der Waals surface area contributed by atoms with Crippen LogP contribution in [0.1, 0.15) is 40.5 Å². The van der Waals surface area contributed by atoms with Gasteiger partial charge in [0.15, 0.2) is 0 Å². The van der Waals surface area contributed by atoms with Gasteiger partial charge in [-0.25, -0.2) is 0 Å². The minimum absolute atomic E-state index is 0.0453. The van der Waals surface area contributed by atoms with Crippen molar-refractivity contribution in [3.05, 3.63) is 0 Å². The van der Waals surface area contributed by atoms with Gasteiger partial charge in [-0.05, 0) is 19.8 Å². The predicted molar refractivity (Wildman–Crippen MR) is 61.9 cm³/mol. The lowest BCUT2D eigenvalue weighted by molar-refractivity contribution is -0.162. The molecule has 0 aromatic heterocycles. The Bertz CT molecular complexity index is 232. The molecule has 1 rings (SSSR count). The van der Waals surface area contributed by atoms with Gasteiger partial charge < -0.3 is 15.2 Å². The van der Waals surface area contributed by atoms with E-state index in [0.717, 1.165) is 12.8 Å². The zero-order valence-corrected chi connectivity index (χ0v) is 10.6. The fourth-order valence-electron chi connectivity index (χ4n) is 1.96. The summed E-state index contributed by atoms with van der Waals surface area (Å²) in [5, 5.41) is 0. The van der Waals surface area contributed by atoms with Gasteiger partial charge in [0, 0.05) is 12.8 Å². The molecular weight excluding hydrogens is 206 g/mol. The number of carbonyl (C=O) groups excluding carboxylic acids is 1. The maximum Gasteiger partial charge on any atom is 0.323 e. The smallest absolute Gasteiger partial charge is 0.323 e. The average molecular weight is 229 g/mol. The van der Waals surface area contributed by atoms with E-state index in [2.05, 4.69) is 0 Å². The topological polar surface area (TPSA) is 61.5 Å². The van der Waals surface area contributed by atoms with E-state index in [1.807, 2.05) is 27.7 Å². The summed E-state index contributed by atoms with van der Waals surface area (Å²) in [4.78, 5) is 11.7. The van der Waals surface area contributed by atoms with E-state index in [1.165, 1.54) is 0 Å². The van der Waals surface area contributed by atoms with Crippen molar-refractivity contribution in [2.75, 3.05) is 0 Å². The summed E-state index contributed by atoms with van der Waals surface area (Å²) in [5.41, 5.74) is 5.74. The van der Waals surface area contributed by atoms with Crippen LogP contribution in [0.25, 0.3) is 0 Å². The molecule has 2 N–H and O–H groups in total. The van der Waals surface area contributed by atoms with Crippen LogP contribution in [0, 0.1) is 5.92 Å². The van der Waals surface area contributed by atoms with Crippen LogP contribution in [-0.4, -0.2) is 30.3 Å². The van der Waals surface area contributed by atoms with Crippen LogP contribution < -0.4 is 5.73 Å². The van der Waals surface area contributed by atoms with Gasteiger partial charge in [-0.1, -0.05) is 13.8 Å². The molecule has 0 bridgehead atoms. The number of ether oxygens (including phenoxy) is 2. The largest absolute Gasteiger partial charge is 0.461 e. The Labute approximate surface area is 97.5 Å². The first-order valence-electron chi connectivity index (χ1n) is 6.01. The van der Waals surface area contributed by atoms with Crippen molar-refractivity contribution < 1.29 is 14.3 Å². The van der Waals surface area contributed by atoms with Gasteiger partial charge >= 0.3 is 5.97 Å². The van der Waals surface area contributed by atoms with E-state index in [4.69, 9.17) is 15.2 Å². The van der Waals surface area contributed by atoms with Crippen LogP contribution in [0.2, 0.25) is 0 Å². The summed E-state index contributed by atoms with van der Waals surface area (Å²) < 4.78 is 11.0. The molecule has 94 valence electrons. The Hall–Kier alpha value is -0.610. The zero-order valence-electron chi connectivity index (χ0n) is 10.6. The molecule has 1 heterocycles. The van der Waals surface area contributed by atoms with E-state index in [9.17, 15) is 4.79 Å². The number of nitrogens with two attached hydrogens (primary N) is 1. The Kier molecular flexibility index (Phi) is 4.74. The van der Waals surface area contributed by atoms with Crippen LogP contribution in [0.5, 0.6) is 0 Å². The first kappa shape index (κ1) is 13.5. The van der Waals surface area contributed by atoms with Gasteiger partial charge in [0.2, 0.25) is 0 Å². The molecule has 0 spiro atoms. The summed E-state index contributed by atoms with van der Waals surface area (Å²) in [7, 11) is 0. The molecule has 0 saturated carbocycles. The Balaban J connectivity index is 2.44. The molecule has 16 heavy (non-hydrogen) atoms. The highest BCUT2D eigenvalue weighted by Gasteiger charge is 2.29. The zero-order chi connectivity index (χ0) is 12.3. The number of rotatable bonds is 3. The third-order valence-electron chi connectivity index (χ3n) is 2.93. The normalized spacial score (nSPS) is 32.5. The molecule has 4 heteroatoms. The number of carbonyl (C=O) groups is 1. The molecule has 2 unspecified atom stereocenters. The molecule has 3 atom stereocenters. The van der Waals surface area contributed by atoms with Crippen molar-refractivity contribution in [3.63, 3.8) is 0 Å². The lowest BCUT2D eigenvalue weighted by Crippen LogP contribution is -2.42. The highest BCUT2D eigenvalue weighted by atomic mass is 16.6. The highest BCUT2D eigenvalue weighted by molar-refractivity contribution is 5.75. The SMILES string of the molecule is CC1CC(OC(=O)[C@H](N)C(C)C)CC(C)O1. The van der Waals surface area contributed by atoms with Crippen LogP contribution in [0.4, 0.5) is 0 Å². The fourth-order valence-corrected chi connectivity index (χ4v) is 1.96. The van der Waals surface area contributed by atoms with Gasteiger partial charge in [0.1, 0.15) is 12.1 Å². The second kappa shape index (κ2) is 5.64. The molecule has 1 aliphatic heterocycles. The molecule has 0 radical (unpaired) electrons. The van der Waals surface area contributed by atoms with E-state index < -0.39 is 6.04 Å². The molecule has 1 fully saturated rings. The van der Waals surface area contributed by atoms with E-state index >= 15 is 0 Å². The van der Waals surface area contributed by atoms with Crippen molar-refractivity contribution >= 4 is 5.97 Å². The lowest BCUT2D eigenvalue weighted by atomic mass is 10.0. The van der Waals surface area contributed by atoms with Crippen LogP contribution in [0.15, 0.2) is 0 Å². The standard InChI is InChI=1S/C12H23NO3/c1-7(2)11(13)12(14)16-10-5-8(3)15-9(4)6-10/h7-11H,5-6,13H2,1-4H3/t8?,9?,10?,11-/m1/s1. The van der Waals surface area contributed by atoms with Gasteiger partial charge in [-0.15, -0.1) is 0 Å². The van der Waals surface area contributed by atoms with Crippen molar-refractivity contribution in [3.8, 4) is 0 Å². The summed E-state index contributed by atoms with van der Waals surface area (Å²) in [6.45, 7) is 7.83. The Morgan fingerprint density at radius 3 is 2.25 bits per heavy atom. The van der Waals surface area contributed by atoms with E-state index in [0.29, 0.717) is 0 Å². The molecule has 0 aromatic carbocycles. The molecule has 0 aromatic rings. The van der Waals surface area contributed by atoms with Gasteiger partial charge in [-0.3, -0.25) is 4.79 Å². The second-order valence-corrected chi connectivity index (χ2v) is 5.06. The second-order valence-electron chi connectivity index (χ2n) is 5.06. The summed E-state index contributed by atoms with van der Waals surface area (Å²) in [5.74, 6) is -0.177. The summed E-state index contributed by atoms with van der Waals surface area (Å²) in [6, 6.07) is -0.520. The highest BCUT2D eigenvalue weighted by Crippen LogP contribution is 2.22. The third-order valence-corrected chi connectivity index (χ3v) is 2.93. The number of hydrogen-bond acceptors (Lipinski definition) is 4. The molecule has 1 saturated heterocycles. The van der Waals surface area contributed by atoms with Crippen molar-refractivity contribution in [1.29, 1.82) is 0 Å². The quantitative estimate of drug-likeness (QED) is 0.744. The molecule has 1 aliphatic rings. The first-order valence-corrected chi connectivity index (χ1v) is 6.01. The Morgan fingerprint density at radius 2 is 1.81 bits per heavy atom. The molecule has 0 amide bonds. The van der Waals surface area contributed by atoms with Crippen LogP contribution >= 0.6 is 0 Å². The number of hydrogen-bond donors (Lipinski definition) is 1. The lowest BCUT2D eigenvalue weighted by Gasteiger charge is -2.32. The number of esters is 1. The van der Waals surface area contributed by atoms with Crippen molar-refractivity contribution in [2.24, 2.45) is 11.7 Å². The minimum atomic E-state index is -0.520. The predicted octanol–water partition coefficient (Wildman–Crippen LogP) is 1.47. The maximum absolute atomic E-state index is 11.7. The van der Waals surface area contributed by atoms with Gasteiger partial charge in [-0.2, -0.15) is 0 Å². The minimum Gasteiger partial charge on any atom is -0.461 e. The Morgan fingerprint density at radius 1 is 1.31 bits per heavy atom.